The number of aryl methyl sites for hydroxylation is 1. The summed E-state index contributed by atoms with van der Waals surface area (Å²) in [4.78, 5) is 11.1. The third-order valence-electron chi connectivity index (χ3n) is 3.68. The first-order chi connectivity index (χ1) is 7.77. The highest BCUT2D eigenvalue weighted by Gasteiger charge is 2.44. The van der Waals surface area contributed by atoms with E-state index in [0.717, 1.165) is 31.3 Å². The summed E-state index contributed by atoms with van der Waals surface area (Å²) in [7, 11) is 0. The summed E-state index contributed by atoms with van der Waals surface area (Å²) in [6.07, 6.45) is 4.51. The van der Waals surface area contributed by atoms with E-state index in [0.29, 0.717) is 5.41 Å². The number of rotatable bonds is 1. The van der Waals surface area contributed by atoms with Crippen LogP contribution in [-0.2, 0) is 0 Å². The van der Waals surface area contributed by atoms with Gasteiger partial charge in [-0.15, -0.1) is 0 Å². The zero-order valence-corrected chi connectivity index (χ0v) is 9.74. The molecule has 2 fully saturated rings. The van der Waals surface area contributed by atoms with Crippen LogP contribution in [0.3, 0.4) is 0 Å². The highest BCUT2D eigenvalue weighted by atomic mass is 15.3. The van der Waals surface area contributed by atoms with E-state index >= 15 is 0 Å². The van der Waals surface area contributed by atoms with Crippen LogP contribution in [0.5, 0.6) is 0 Å². The number of nitrogens with zero attached hydrogens (tertiary/aromatic N) is 3. The molecule has 2 aliphatic rings. The maximum absolute atomic E-state index is 4.47. The van der Waals surface area contributed by atoms with E-state index in [1.807, 2.05) is 19.2 Å². The number of anilines is 1. The van der Waals surface area contributed by atoms with Crippen molar-refractivity contribution in [3.63, 3.8) is 0 Å². The van der Waals surface area contributed by atoms with E-state index < -0.39 is 0 Å². The highest BCUT2D eigenvalue weighted by molar-refractivity contribution is 5.37. The maximum Gasteiger partial charge on any atom is 0.225 e. The summed E-state index contributed by atoms with van der Waals surface area (Å²) in [5, 5.41) is 3.49. The largest absolute Gasteiger partial charge is 0.339 e. The highest BCUT2D eigenvalue weighted by Crippen LogP contribution is 2.37. The molecule has 4 nitrogen and oxygen atoms in total. The second kappa shape index (κ2) is 3.70. The third kappa shape index (κ3) is 1.67. The van der Waals surface area contributed by atoms with Gasteiger partial charge in [0.2, 0.25) is 5.95 Å². The van der Waals surface area contributed by atoms with Crippen molar-refractivity contribution in [2.24, 2.45) is 5.41 Å². The number of hydrogen-bond donors (Lipinski definition) is 1. The molecule has 2 aliphatic heterocycles. The second-order valence-corrected chi connectivity index (χ2v) is 5.13. The summed E-state index contributed by atoms with van der Waals surface area (Å²) >= 11 is 0. The quantitative estimate of drug-likeness (QED) is 0.762. The monoisotopic (exact) mass is 218 g/mol. The predicted octanol–water partition coefficient (Wildman–Crippen LogP) is 0.975. The van der Waals surface area contributed by atoms with Crippen LogP contribution >= 0.6 is 0 Å². The Hall–Kier alpha value is -1.16. The van der Waals surface area contributed by atoms with E-state index in [4.69, 9.17) is 0 Å². The fraction of sp³-hybridized carbons (Fsp3) is 0.667. The lowest BCUT2D eigenvalue weighted by molar-refractivity contribution is 0.155. The first kappa shape index (κ1) is 10.0. The molecule has 16 heavy (non-hydrogen) atoms. The minimum atomic E-state index is 0.505. The molecular weight excluding hydrogens is 200 g/mol. The van der Waals surface area contributed by atoms with E-state index in [2.05, 4.69) is 20.2 Å². The maximum atomic E-state index is 4.47. The van der Waals surface area contributed by atoms with Crippen LogP contribution in [0.1, 0.15) is 18.5 Å². The molecule has 0 radical (unpaired) electrons. The Morgan fingerprint density at radius 3 is 3.00 bits per heavy atom. The summed E-state index contributed by atoms with van der Waals surface area (Å²) in [5.41, 5.74) is 1.55. The van der Waals surface area contributed by atoms with Gasteiger partial charge in [0.25, 0.3) is 0 Å². The summed E-state index contributed by atoms with van der Waals surface area (Å²) in [6, 6.07) is 1.95. The molecular formula is C12H18N4. The van der Waals surface area contributed by atoms with Gasteiger partial charge in [0.05, 0.1) is 0 Å². The SMILES string of the molecule is Cc1ccnc(N2CC3(CCCNC3)C2)n1. The molecule has 0 bridgehead atoms. The van der Waals surface area contributed by atoms with Crippen molar-refractivity contribution in [1.82, 2.24) is 15.3 Å². The van der Waals surface area contributed by atoms with Gasteiger partial charge >= 0.3 is 0 Å². The van der Waals surface area contributed by atoms with E-state index in [1.165, 1.54) is 19.4 Å². The third-order valence-corrected chi connectivity index (χ3v) is 3.68. The predicted molar refractivity (Wildman–Crippen MR) is 63.5 cm³/mol. The molecule has 0 atom stereocenters. The number of aromatic nitrogens is 2. The van der Waals surface area contributed by atoms with Gasteiger partial charge in [0.1, 0.15) is 0 Å². The normalized spacial score (nSPS) is 23.2. The molecule has 4 heteroatoms. The van der Waals surface area contributed by atoms with Crippen LogP contribution in [0, 0.1) is 12.3 Å². The topological polar surface area (TPSA) is 41.1 Å². The molecule has 1 N–H and O–H groups in total. The van der Waals surface area contributed by atoms with Crippen molar-refractivity contribution in [1.29, 1.82) is 0 Å². The molecule has 3 heterocycles. The number of nitrogens with one attached hydrogen (secondary N) is 1. The molecule has 1 aromatic heterocycles. The Morgan fingerprint density at radius 2 is 2.31 bits per heavy atom. The van der Waals surface area contributed by atoms with Crippen molar-refractivity contribution < 1.29 is 0 Å². The molecule has 0 aromatic carbocycles. The summed E-state index contributed by atoms with van der Waals surface area (Å²) in [5.74, 6) is 0.899. The molecule has 86 valence electrons. The summed E-state index contributed by atoms with van der Waals surface area (Å²) in [6.45, 7) is 6.59. The number of piperidine rings is 1. The molecule has 1 aromatic rings. The van der Waals surface area contributed by atoms with Crippen molar-refractivity contribution in [2.75, 3.05) is 31.1 Å². The summed E-state index contributed by atoms with van der Waals surface area (Å²) < 4.78 is 0. The van der Waals surface area contributed by atoms with Gasteiger partial charge in [-0.2, -0.15) is 0 Å². The van der Waals surface area contributed by atoms with Gasteiger partial charge < -0.3 is 10.2 Å². The van der Waals surface area contributed by atoms with Crippen molar-refractivity contribution in [3.8, 4) is 0 Å². The van der Waals surface area contributed by atoms with Crippen LogP contribution in [0.15, 0.2) is 12.3 Å². The minimum absolute atomic E-state index is 0.505. The molecule has 0 aliphatic carbocycles. The zero-order chi connectivity index (χ0) is 11.0. The standard InChI is InChI=1S/C12H18N4/c1-10-3-6-14-11(15-10)16-8-12(9-16)4-2-5-13-7-12/h3,6,13H,2,4-5,7-9H2,1H3. The van der Waals surface area contributed by atoms with E-state index in [1.54, 1.807) is 0 Å². The van der Waals surface area contributed by atoms with E-state index in [-0.39, 0.29) is 0 Å². The fourth-order valence-electron chi connectivity index (χ4n) is 2.79. The van der Waals surface area contributed by atoms with Gasteiger partial charge in [-0.05, 0) is 32.4 Å². The van der Waals surface area contributed by atoms with Crippen LogP contribution in [0.4, 0.5) is 5.95 Å². The Morgan fingerprint density at radius 1 is 1.44 bits per heavy atom. The molecule has 0 saturated carbocycles. The molecule has 3 rings (SSSR count). The molecule has 0 amide bonds. The van der Waals surface area contributed by atoms with Gasteiger partial charge in [0.15, 0.2) is 0 Å². The number of hydrogen-bond acceptors (Lipinski definition) is 4. The van der Waals surface area contributed by atoms with Crippen LogP contribution in [-0.4, -0.2) is 36.1 Å². The minimum Gasteiger partial charge on any atom is -0.339 e. The van der Waals surface area contributed by atoms with Crippen LogP contribution in [0.2, 0.25) is 0 Å². The van der Waals surface area contributed by atoms with Crippen molar-refractivity contribution in [2.45, 2.75) is 19.8 Å². The Labute approximate surface area is 96.1 Å². The zero-order valence-electron chi connectivity index (χ0n) is 9.74. The first-order valence-corrected chi connectivity index (χ1v) is 6.03. The van der Waals surface area contributed by atoms with Gasteiger partial charge in [-0.3, -0.25) is 0 Å². The van der Waals surface area contributed by atoms with Gasteiger partial charge in [-0.25, -0.2) is 9.97 Å². The molecule has 2 saturated heterocycles. The average Bonchev–Trinajstić information content (AvgIpc) is 2.27. The van der Waals surface area contributed by atoms with Crippen LogP contribution < -0.4 is 10.2 Å². The van der Waals surface area contributed by atoms with Crippen LogP contribution in [0.25, 0.3) is 0 Å². The Bertz CT molecular complexity index is 376. The lowest BCUT2D eigenvalue weighted by Gasteiger charge is -2.52. The molecule has 0 unspecified atom stereocenters. The fourth-order valence-corrected chi connectivity index (χ4v) is 2.79. The van der Waals surface area contributed by atoms with Crippen molar-refractivity contribution in [3.05, 3.63) is 18.0 Å². The first-order valence-electron chi connectivity index (χ1n) is 6.03. The Balaban J connectivity index is 1.68. The lowest BCUT2D eigenvalue weighted by Crippen LogP contribution is -2.62. The van der Waals surface area contributed by atoms with Gasteiger partial charge in [-0.1, -0.05) is 0 Å². The lowest BCUT2D eigenvalue weighted by atomic mass is 9.74. The second-order valence-electron chi connectivity index (χ2n) is 5.13. The Kier molecular flexibility index (Phi) is 2.32. The van der Waals surface area contributed by atoms with E-state index in [9.17, 15) is 0 Å². The average molecular weight is 218 g/mol. The molecule has 1 spiro atoms. The van der Waals surface area contributed by atoms with Crippen molar-refractivity contribution >= 4 is 5.95 Å². The smallest absolute Gasteiger partial charge is 0.225 e. The van der Waals surface area contributed by atoms with Gasteiger partial charge in [0, 0.05) is 36.9 Å².